The molecule has 210 valence electrons. The third kappa shape index (κ3) is 5.77. The van der Waals surface area contributed by atoms with Gasteiger partial charge in [-0.25, -0.2) is 4.79 Å². The summed E-state index contributed by atoms with van der Waals surface area (Å²) in [5, 5.41) is 2.96. The first kappa shape index (κ1) is 27.5. The van der Waals surface area contributed by atoms with E-state index in [1.807, 2.05) is 11.8 Å². The Morgan fingerprint density at radius 1 is 0.900 bits per heavy atom. The number of nitrogens with one attached hydrogen (secondary N) is 1. The minimum Gasteiger partial charge on any atom is -0.352 e. The molecule has 2 heterocycles. The van der Waals surface area contributed by atoms with Crippen molar-refractivity contribution >= 4 is 34.7 Å². The molecule has 0 bridgehead atoms. The lowest BCUT2D eigenvalue weighted by Gasteiger charge is -2.29. The average Bonchev–Trinajstić information content (AvgIpc) is 3.43. The van der Waals surface area contributed by atoms with Crippen LogP contribution in [0.5, 0.6) is 0 Å². The number of halogens is 3. The van der Waals surface area contributed by atoms with E-state index >= 15 is 0 Å². The molecule has 10 heteroatoms. The molecule has 3 aromatic rings. The third-order valence-corrected chi connectivity index (χ3v) is 7.35. The summed E-state index contributed by atoms with van der Waals surface area (Å²) < 4.78 is 41.2. The largest absolute Gasteiger partial charge is 0.416 e. The molecule has 0 unspecified atom stereocenters. The Hall–Kier alpha value is -4.05. The molecule has 0 radical (unpaired) electrons. The van der Waals surface area contributed by atoms with Crippen molar-refractivity contribution in [1.82, 2.24) is 10.2 Å². The van der Waals surface area contributed by atoms with E-state index in [1.165, 1.54) is 28.7 Å². The normalized spacial score (nSPS) is 16.2. The van der Waals surface area contributed by atoms with E-state index in [2.05, 4.69) is 10.2 Å². The zero-order valence-electron chi connectivity index (χ0n) is 22.3. The van der Waals surface area contributed by atoms with Crippen molar-refractivity contribution in [3.63, 3.8) is 0 Å². The van der Waals surface area contributed by atoms with Gasteiger partial charge in [-0.05, 0) is 81.4 Å². The average molecular weight is 552 g/mol. The molecule has 40 heavy (non-hydrogen) atoms. The summed E-state index contributed by atoms with van der Waals surface area (Å²) in [4.78, 5) is 34.1. The quantitative estimate of drug-likeness (QED) is 0.386. The molecule has 0 aliphatic carbocycles. The minimum absolute atomic E-state index is 0.0943. The number of nitrogens with zero attached hydrogens (tertiary/aromatic N) is 4. The Balaban J connectivity index is 1.49. The number of fused-ring (bicyclic) bond motifs is 1. The van der Waals surface area contributed by atoms with Gasteiger partial charge in [0.25, 0.3) is 5.91 Å². The molecular weight excluding hydrogens is 519 g/mol. The maximum atomic E-state index is 14.2. The lowest BCUT2D eigenvalue weighted by Crippen LogP contribution is -2.44. The lowest BCUT2D eigenvalue weighted by molar-refractivity contribution is -0.137. The lowest BCUT2D eigenvalue weighted by atomic mass is 10.1. The number of carbonyl (C=O) groups excluding carboxylic acids is 2. The molecule has 2 aliphatic heterocycles. The smallest absolute Gasteiger partial charge is 0.352 e. The van der Waals surface area contributed by atoms with Crippen molar-refractivity contribution in [1.29, 1.82) is 0 Å². The SMILES string of the molecule is CCN1CN(c2cccc(C(=O)NCCN3CCCC3)c2)C(=O)N(c2ccccc2)c2cc(C(F)(F)F)ccc21. The number of alkyl halides is 3. The van der Waals surface area contributed by atoms with E-state index in [4.69, 9.17) is 0 Å². The second-order valence-corrected chi connectivity index (χ2v) is 9.94. The Morgan fingerprint density at radius 3 is 2.33 bits per heavy atom. The van der Waals surface area contributed by atoms with Gasteiger partial charge in [-0.3, -0.25) is 14.6 Å². The number of para-hydroxylation sites is 1. The van der Waals surface area contributed by atoms with Crippen LogP contribution in [-0.4, -0.2) is 56.2 Å². The molecule has 0 aromatic heterocycles. The van der Waals surface area contributed by atoms with Gasteiger partial charge in [0.15, 0.2) is 0 Å². The monoisotopic (exact) mass is 551 g/mol. The van der Waals surface area contributed by atoms with Gasteiger partial charge in [-0.15, -0.1) is 0 Å². The number of amides is 3. The van der Waals surface area contributed by atoms with Gasteiger partial charge in [0.2, 0.25) is 0 Å². The van der Waals surface area contributed by atoms with Gasteiger partial charge in [-0.2, -0.15) is 13.2 Å². The highest BCUT2D eigenvalue weighted by Crippen LogP contribution is 2.42. The first-order valence-electron chi connectivity index (χ1n) is 13.5. The van der Waals surface area contributed by atoms with E-state index < -0.39 is 17.8 Å². The molecular formula is C30H32F3N5O2. The highest BCUT2D eigenvalue weighted by molar-refractivity contribution is 6.12. The molecule has 0 saturated carbocycles. The molecule has 1 N–H and O–H groups in total. The van der Waals surface area contributed by atoms with Crippen molar-refractivity contribution < 1.29 is 22.8 Å². The fourth-order valence-electron chi connectivity index (χ4n) is 5.22. The number of carbonyl (C=O) groups is 2. The summed E-state index contributed by atoms with van der Waals surface area (Å²) in [6.07, 6.45) is -2.22. The maximum Gasteiger partial charge on any atom is 0.416 e. The Kier molecular flexibility index (Phi) is 7.97. The van der Waals surface area contributed by atoms with Crippen molar-refractivity contribution in [3.05, 3.63) is 83.9 Å². The number of hydrogen-bond acceptors (Lipinski definition) is 4. The molecule has 3 aromatic carbocycles. The second-order valence-electron chi connectivity index (χ2n) is 9.94. The van der Waals surface area contributed by atoms with Gasteiger partial charge in [0.1, 0.15) is 0 Å². The van der Waals surface area contributed by atoms with Gasteiger partial charge in [0, 0.05) is 30.9 Å². The van der Waals surface area contributed by atoms with E-state index in [0.717, 1.165) is 31.8 Å². The minimum atomic E-state index is -4.57. The maximum absolute atomic E-state index is 14.2. The summed E-state index contributed by atoms with van der Waals surface area (Å²) in [5.41, 5.74) is 1.13. The van der Waals surface area contributed by atoms with E-state index in [-0.39, 0.29) is 18.3 Å². The van der Waals surface area contributed by atoms with Crippen molar-refractivity contribution in [2.75, 3.05) is 54.1 Å². The molecule has 3 amide bonds. The Labute approximate surface area is 231 Å². The van der Waals surface area contributed by atoms with E-state index in [0.29, 0.717) is 35.7 Å². The Bertz CT molecular complexity index is 1360. The number of likely N-dealkylation sites (tertiary alicyclic amines) is 1. The first-order valence-corrected chi connectivity index (χ1v) is 13.5. The summed E-state index contributed by atoms with van der Waals surface area (Å²) in [7, 11) is 0. The van der Waals surface area contributed by atoms with Crippen LogP contribution in [-0.2, 0) is 6.18 Å². The van der Waals surface area contributed by atoms with Crippen LogP contribution in [0.1, 0.15) is 35.7 Å². The fraction of sp³-hybridized carbons (Fsp3) is 0.333. The molecule has 0 spiro atoms. The number of rotatable bonds is 7. The second kappa shape index (κ2) is 11.6. The summed E-state index contributed by atoms with van der Waals surface area (Å²) in [5.74, 6) is -0.242. The molecule has 2 aliphatic rings. The zero-order valence-corrected chi connectivity index (χ0v) is 22.3. The van der Waals surface area contributed by atoms with Crippen LogP contribution in [0, 0.1) is 0 Å². The Morgan fingerprint density at radius 2 is 1.62 bits per heavy atom. The van der Waals surface area contributed by atoms with Crippen LogP contribution in [0.15, 0.2) is 72.8 Å². The van der Waals surface area contributed by atoms with Crippen molar-refractivity contribution in [2.45, 2.75) is 25.9 Å². The van der Waals surface area contributed by atoms with Gasteiger partial charge >= 0.3 is 12.2 Å². The topological polar surface area (TPSA) is 59.1 Å². The molecule has 5 rings (SSSR count). The summed E-state index contributed by atoms with van der Waals surface area (Å²) in [6.45, 7) is 5.81. The highest BCUT2D eigenvalue weighted by Gasteiger charge is 2.37. The molecule has 7 nitrogen and oxygen atoms in total. The molecule has 0 atom stereocenters. The summed E-state index contributed by atoms with van der Waals surface area (Å²) >= 11 is 0. The van der Waals surface area contributed by atoms with Crippen LogP contribution in [0.2, 0.25) is 0 Å². The van der Waals surface area contributed by atoms with Crippen LogP contribution < -0.4 is 20.0 Å². The predicted octanol–water partition coefficient (Wildman–Crippen LogP) is 6.09. The van der Waals surface area contributed by atoms with Crippen LogP contribution >= 0.6 is 0 Å². The highest BCUT2D eigenvalue weighted by atomic mass is 19.4. The number of hydrogen-bond donors (Lipinski definition) is 1. The zero-order chi connectivity index (χ0) is 28.3. The fourth-order valence-corrected chi connectivity index (χ4v) is 5.22. The number of anilines is 4. The third-order valence-electron chi connectivity index (χ3n) is 7.35. The van der Waals surface area contributed by atoms with Crippen LogP contribution in [0.4, 0.5) is 40.7 Å². The van der Waals surface area contributed by atoms with Crippen LogP contribution in [0.3, 0.4) is 0 Å². The van der Waals surface area contributed by atoms with Gasteiger partial charge in [-0.1, -0.05) is 24.3 Å². The molecule has 1 fully saturated rings. The van der Waals surface area contributed by atoms with Gasteiger partial charge < -0.3 is 15.1 Å². The predicted molar refractivity (Wildman–Crippen MR) is 150 cm³/mol. The first-order chi connectivity index (χ1) is 19.3. The molecule has 1 saturated heterocycles. The standard InChI is InChI=1S/C30H32F3N5O2/c1-2-36-21-37(25-12-8-9-22(19-25)28(39)34-15-18-35-16-6-7-17-35)29(40)38(24-10-4-3-5-11-24)27-20-23(30(31,32)33)13-14-26(27)36/h3-5,8-14,19-20H,2,6-7,15-18,21H2,1H3,(H,34,39). The van der Waals surface area contributed by atoms with E-state index in [9.17, 15) is 22.8 Å². The number of urea groups is 1. The van der Waals surface area contributed by atoms with Gasteiger partial charge in [0.05, 0.1) is 29.3 Å². The summed E-state index contributed by atoms with van der Waals surface area (Å²) in [6, 6.07) is 18.4. The van der Waals surface area contributed by atoms with Crippen molar-refractivity contribution in [2.24, 2.45) is 0 Å². The van der Waals surface area contributed by atoms with Crippen LogP contribution in [0.25, 0.3) is 0 Å². The van der Waals surface area contributed by atoms with Crippen molar-refractivity contribution in [3.8, 4) is 0 Å². The van der Waals surface area contributed by atoms with E-state index in [1.54, 1.807) is 54.6 Å². The number of benzene rings is 3.